The Morgan fingerprint density at radius 3 is 2.22 bits per heavy atom. The topological polar surface area (TPSA) is 40.6 Å². The molecular formula is C13H15ClN2O2. The minimum absolute atomic E-state index is 0.122. The molecule has 2 amide bonds. The molecule has 0 N–H and O–H groups in total. The highest BCUT2D eigenvalue weighted by atomic mass is 35.5. The van der Waals surface area contributed by atoms with Crippen molar-refractivity contribution in [2.75, 3.05) is 26.7 Å². The third-order valence-corrected chi connectivity index (χ3v) is 3.20. The molecule has 0 saturated carbocycles. The van der Waals surface area contributed by atoms with Crippen LogP contribution in [-0.4, -0.2) is 48.3 Å². The molecule has 1 aliphatic rings. The van der Waals surface area contributed by atoms with Crippen LogP contribution in [-0.2, 0) is 16.0 Å². The number of benzene rings is 1. The van der Waals surface area contributed by atoms with Crippen molar-refractivity contribution in [3.63, 3.8) is 0 Å². The van der Waals surface area contributed by atoms with Gasteiger partial charge >= 0.3 is 0 Å². The molecule has 0 radical (unpaired) electrons. The molecule has 1 aliphatic heterocycles. The third kappa shape index (κ3) is 3.09. The van der Waals surface area contributed by atoms with E-state index in [2.05, 4.69) is 0 Å². The van der Waals surface area contributed by atoms with E-state index < -0.39 is 0 Å². The molecule has 1 heterocycles. The number of hydrogen-bond donors (Lipinski definition) is 0. The normalized spacial score (nSPS) is 17.3. The van der Waals surface area contributed by atoms with Crippen molar-refractivity contribution in [3.05, 3.63) is 34.9 Å². The largest absolute Gasteiger partial charge is 0.289 e. The summed E-state index contributed by atoms with van der Waals surface area (Å²) in [7, 11) is 1.77. The molecule has 5 heteroatoms. The Labute approximate surface area is 111 Å². The average molecular weight is 267 g/mol. The van der Waals surface area contributed by atoms with Gasteiger partial charge in [-0.15, -0.1) is 0 Å². The summed E-state index contributed by atoms with van der Waals surface area (Å²) in [6.45, 7) is 1.06. The molecule has 0 bridgehead atoms. The summed E-state index contributed by atoms with van der Waals surface area (Å²) in [5, 5.41) is 0.686. The summed E-state index contributed by atoms with van der Waals surface area (Å²) in [6, 6.07) is 7.44. The van der Waals surface area contributed by atoms with Crippen LogP contribution in [0.1, 0.15) is 5.56 Å². The maximum absolute atomic E-state index is 11.7. The number of likely N-dealkylation sites (N-methyl/N-ethyl adjacent to an activating group) is 1. The molecule has 0 aliphatic carbocycles. The molecule has 1 aromatic carbocycles. The van der Waals surface area contributed by atoms with Crippen molar-refractivity contribution >= 4 is 23.4 Å². The first-order chi connectivity index (χ1) is 8.56. The Hall–Kier alpha value is -1.39. The number of halogens is 1. The second-order valence-corrected chi connectivity index (χ2v) is 4.92. The lowest BCUT2D eigenvalue weighted by Gasteiger charge is -2.30. The number of hydrogen-bond acceptors (Lipinski definition) is 3. The Morgan fingerprint density at radius 1 is 1.11 bits per heavy atom. The standard InChI is InChI=1S/C13H15ClN2O2/c1-15-8-12(17)16(13(18)9-15)7-6-10-2-4-11(14)5-3-10/h2-5H,6-9H2,1H3. The second kappa shape index (κ2) is 5.50. The monoisotopic (exact) mass is 266 g/mol. The number of amides is 2. The summed E-state index contributed by atoms with van der Waals surface area (Å²) < 4.78 is 0. The molecule has 1 saturated heterocycles. The van der Waals surface area contributed by atoms with Gasteiger partial charge in [0.2, 0.25) is 11.8 Å². The van der Waals surface area contributed by atoms with E-state index >= 15 is 0 Å². The Kier molecular flexibility index (Phi) is 3.99. The summed E-state index contributed by atoms with van der Waals surface area (Å²) >= 11 is 5.80. The summed E-state index contributed by atoms with van der Waals surface area (Å²) in [6.07, 6.45) is 0.665. The minimum atomic E-state index is -0.122. The van der Waals surface area contributed by atoms with Gasteiger partial charge < -0.3 is 0 Å². The Balaban J connectivity index is 1.95. The maximum atomic E-state index is 11.7. The maximum Gasteiger partial charge on any atom is 0.243 e. The van der Waals surface area contributed by atoms with Gasteiger partial charge in [-0.25, -0.2) is 0 Å². The number of piperazine rings is 1. The zero-order valence-corrected chi connectivity index (χ0v) is 11.0. The smallest absolute Gasteiger partial charge is 0.243 e. The van der Waals surface area contributed by atoms with Crippen LogP contribution in [0.25, 0.3) is 0 Å². The van der Waals surface area contributed by atoms with E-state index in [1.54, 1.807) is 11.9 Å². The van der Waals surface area contributed by atoms with Crippen LogP contribution in [0.15, 0.2) is 24.3 Å². The first-order valence-electron chi connectivity index (χ1n) is 5.82. The molecule has 1 aromatic rings. The fourth-order valence-corrected chi connectivity index (χ4v) is 2.09. The second-order valence-electron chi connectivity index (χ2n) is 4.49. The van der Waals surface area contributed by atoms with Crippen molar-refractivity contribution in [2.45, 2.75) is 6.42 Å². The van der Waals surface area contributed by atoms with E-state index in [9.17, 15) is 9.59 Å². The van der Waals surface area contributed by atoms with Crippen LogP contribution < -0.4 is 0 Å². The fraction of sp³-hybridized carbons (Fsp3) is 0.385. The number of imide groups is 1. The van der Waals surface area contributed by atoms with E-state index in [4.69, 9.17) is 11.6 Å². The summed E-state index contributed by atoms with van der Waals surface area (Å²) in [4.78, 5) is 26.5. The van der Waals surface area contributed by atoms with Gasteiger partial charge in [0, 0.05) is 11.6 Å². The molecule has 96 valence electrons. The van der Waals surface area contributed by atoms with Crippen LogP contribution in [0, 0.1) is 0 Å². The summed E-state index contributed by atoms with van der Waals surface area (Å²) in [5.74, 6) is -0.245. The van der Waals surface area contributed by atoms with Crippen molar-refractivity contribution in [1.29, 1.82) is 0 Å². The van der Waals surface area contributed by atoms with Gasteiger partial charge in [-0.05, 0) is 31.2 Å². The highest BCUT2D eigenvalue weighted by Crippen LogP contribution is 2.11. The molecular weight excluding hydrogens is 252 g/mol. The lowest BCUT2D eigenvalue weighted by molar-refractivity contribution is -0.150. The van der Waals surface area contributed by atoms with Crippen LogP contribution in [0.4, 0.5) is 0 Å². The molecule has 0 atom stereocenters. The molecule has 4 nitrogen and oxygen atoms in total. The quantitative estimate of drug-likeness (QED) is 0.772. The summed E-state index contributed by atoms with van der Waals surface area (Å²) in [5.41, 5.74) is 1.07. The van der Waals surface area contributed by atoms with Gasteiger partial charge in [-0.3, -0.25) is 19.4 Å². The average Bonchev–Trinajstić information content (AvgIpc) is 2.30. The first kappa shape index (κ1) is 13.1. The zero-order valence-electron chi connectivity index (χ0n) is 10.2. The van der Waals surface area contributed by atoms with Gasteiger partial charge in [-0.1, -0.05) is 23.7 Å². The van der Waals surface area contributed by atoms with Gasteiger partial charge in [0.25, 0.3) is 0 Å². The Morgan fingerprint density at radius 2 is 1.67 bits per heavy atom. The van der Waals surface area contributed by atoms with Crippen molar-refractivity contribution in [1.82, 2.24) is 9.80 Å². The van der Waals surface area contributed by atoms with E-state index in [0.29, 0.717) is 31.1 Å². The number of rotatable bonds is 3. The molecule has 0 aromatic heterocycles. The van der Waals surface area contributed by atoms with E-state index in [-0.39, 0.29) is 11.8 Å². The lowest BCUT2D eigenvalue weighted by Crippen LogP contribution is -2.53. The molecule has 0 spiro atoms. The minimum Gasteiger partial charge on any atom is -0.289 e. The lowest BCUT2D eigenvalue weighted by atomic mass is 10.1. The van der Waals surface area contributed by atoms with Crippen LogP contribution in [0.3, 0.4) is 0 Å². The highest BCUT2D eigenvalue weighted by Gasteiger charge is 2.28. The van der Waals surface area contributed by atoms with Gasteiger partial charge in [0.05, 0.1) is 13.1 Å². The van der Waals surface area contributed by atoms with E-state index in [1.165, 1.54) is 4.90 Å². The van der Waals surface area contributed by atoms with Crippen molar-refractivity contribution in [2.24, 2.45) is 0 Å². The first-order valence-corrected chi connectivity index (χ1v) is 6.20. The van der Waals surface area contributed by atoms with Crippen LogP contribution in [0.2, 0.25) is 5.02 Å². The van der Waals surface area contributed by atoms with Gasteiger partial charge in [0.15, 0.2) is 0 Å². The van der Waals surface area contributed by atoms with Crippen LogP contribution in [0.5, 0.6) is 0 Å². The number of carbonyl (C=O) groups excluding carboxylic acids is 2. The predicted molar refractivity (Wildman–Crippen MR) is 69.4 cm³/mol. The number of nitrogens with zero attached hydrogens (tertiary/aromatic N) is 2. The molecule has 18 heavy (non-hydrogen) atoms. The zero-order chi connectivity index (χ0) is 13.1. The predicted octanol–water partition coefficient (Wildman–Crippen LogP) is 1.18. The van der Waals surface area contributed by atoms with Crippen LogP contribution >= 0.6 is 11.6 Å². The van der Waals surface area contributed by atoms with Gasteiger partial charge in [0.1, 0.15) is 0 Å². The Bertz CT molecular complexity index is 441. The molecule has 1 fully saturated rings. The van der Waals surface area contributed by atoms with E-state index in [1.807, 2.05) is 24.3 Å². The molecule has 0 unspecified atom stereocenters. The van der Waals surface area contributed by atoms with E-state index in [0.717, 1.165) is 5.56 Å². The third-order valence-electron chi connectivity index (χ3n) is 2.95. The number of carbonyl (C=O) groups is 2. The van der Waals surface area contributed by atoms with Gasteiger partial charge in [-0.2, -0.15) is 0 Å². The highest BCUT2D eigenvalue weighted by molar-refractivity contribution is 6.30. The fourth-order valence-electron chi connectivity index (χ4n) is 1.97. The SMILES string of the molecule is CN1CC(=O)N(CCc2ccc(Cl)cc2)C(=O)C1. The molecule has 2 rings (SSSR count). The van der Waals surface area contributed by atoms with Crippen molar-refractivity contribution in [3.8, 4) is 0 Å². The van der Waals surface area contributed by atoms with Crippen molar-refractivity contribution < 1.29 is 9.59 Å².